The van der Waals surface area contributed by atoms with Crippen molar-refractivity contribution >= 4 is 10.0 Å². The predicted molar refractivity (Wildman–Crippen MR) is 112 cm³/mol. The van der Waals surface area contributed by atoms with Crippen LogP contribution in [-0.2, 0) is 16.6 Å². The maximum Gasteiger partial charge on any atom is 0.243 e. The van der Waals surface area contributed by atoms with Gasteiger partial charge in [-0.2, -0.15) is 4.31 Å². The van der Waals surface area contributed by atoms with Crippen LogP contribution >= 0.6 is 0 Å². The first-order chi connectivity index (χ1) is 14.2. The molecule has 0 aliphatic carbocycles. The van der Waals surface area contributed by atoms with Gasteiger partial charge in [0.25, 0.3) is 0 Å². The topological polar surface area (TPSA) is 139 Å². The fourth-order valence-electron chi connectivity index (χ4n) is 3.12. The summed E-state index contributed by atoms with van der Waals surface area (Å²) >= 11 is 0. The summed E-state index contributed by atoms with van der Waals surface area (Å²) in [5.41, 5.74) is 0.292. The van der Waals surface area contributed by atoms with Gasteiger partial charge >= 0.3 is 0 Å². The molecule has 5 N–H and O–H groups in total. The summed E-state index contributed by atoms with van der Waals surface area (Å²) in [5.74, 6) is -2.75. The number of phenolic OH excluding ortho intramolecular Hbond substituents is 5. The van der Waals surface area contributed by atoms with Crippen molar-refractivity contribution in [1.29, 1.82) is 0 Å². The molecule has 2 aromatic rings. The highest BCUT2D eigenvalue weighted by Crippen LogP contribution is 2.36. The summed E-state index contributed by atoms with van der Waals surface area (Å²) in [5, 5.41) is 48.2. The number of hydrogen-bond acceptors (Lipinski definition) is 7. The van der Waals surface area contributed by atoms with Gasteiger partial charge in [-0.25, -0.2) is 8.42 Å². The van der Waals surface area contributed by atoms with Crippen molar-refractivity contribution < 1.29 is 34.0 Å². The van der Waals surface area contributed by atoms with Crippen molar-refractivity contribution in [3.8, 4) is 28.7 Å². The molecule has 0 fully saturated rings. The molecule has 0 amide bonds. The Morgan fingerprint density at radius 3 is 1.97 bits per heavy atom. The number of phenols is 5. The first-order valence-corrected chi connectivity index (χ1v) is 11.4. The Bertz CT molecular complexity index is 937. The lowest BCUT2D eigenvalue weighted by Gasteiger charge is -2.23. The van der Waals surface area contributed by atoms with E-state index in [2.05, 4.69) is 6.92 Å². The summed E-state index contributed by atoms with van der Waals surface area (Å²) in [7, 11) is -4.04. The average molecular weight is 440 g/mol. The summed E-state index contributed by atoms with van der Waals surface area (Å²) in [6, 6.07) is 5.65. The zero-order chi connectivity index (χ0) is 22.3. The number of sulfonamides is 1. The van der Waals surface area contributed by atoms with Gasteiger partial charge in [0.2, 0.25) is 10.0 Å². The van der Waals surface area contributed by atoms with Crippen LogP contribution in [0.3, 0.4) is 0 Å². The van der Waals surface area contributed by atoms with E-state index < -0.39 is 38.8 Å². The average Bonchev–Trinajstić information content (AvgIpc) is 2.69. The van der Waals surface area contributed by atoms with Gasteiger partial charge in [-0.05, 0) is 36.2 Å². The number of aromatic hydroxyl groups is 5. The molecule has 2 aromatic carbocycles. The van der Waals surface area contributed by atoms with Crippen LogP contribution in [0.2, 0.25) is 0 Å². The molecule has 8 nitrogen and oxygen atoms in total. The number of nitrogens with zero attached hydrogens (tertiary/aromatic N) is 1. The molecule has 0 aromatic heterocycles. The third-order valence-corrected chi connectivity index (χ3v) is 6.68. The number of rotatable bonds is 11. The summed E-state index contributed by atoms with van der Waals surface area (Å²) in [4.78, 5) is -0.184. The van der Waals surface area contributed by atoms with E-state index in [-0.39, 0.29) is 18.0 Å². The molecule has 0 radical (unpaired) electrons. The van der Waals surface area contributed by atoms with E-state index in [1.807, 2.05) is 0 Å². The number of unbranched alkanes of at least 4 members (excludes halogenated alkanes) is 5. The van der Waals surface area contributed by atoms with E-state index >= 15 is 0 Å². The van der Waals surface area contributed by atoms with E-state index in [9.17, 15) is 34.0 Å². The van der Waals surface area contributed by atoms with E-state index in [1.54, 1.807) is 0 Å². The molecule has 0 saturated carbocycles. The first-order valence-electron chi connectivity index (χ1n) is 9.92. The summed E-state index contributed by atoms with van der Waals surface area (Å²) in [6.07, 6.45) is 5.76. The fourth-order valence-corrected chi connectivity index (χ4v) is 4.61. The van der Waals surface area contributed by atoms with Crippen LogP contribution in [0, 0.1) is 0 Å². The summed E-state index contributed by atoms with van der Waals surface area (Å²) in [6.45, 7) is 2.16. The molecule has 30 heavy (non-hydrogen) atoms. The minimum atomic E-state index is -4.04. The van der Waals surface area contributed by atoms with Gasteiger partial charge in [-0.15, -0.1) is 0 Å². The highest BCUT2D eigenvalue weighted by Gasteiger charge is 2.26. The van der Waals surface area contributed by atoms with Gasteiger partial charge in [0.05, 0.1) is 4.90 Å². The molecule has 0 spiro atoms. The molecule has 0 aliphatic rings. The second-order valence-corrected chi connectivity index (χ2v) is 9.18. The van der Waals surface area contributed by atoms with Crippen LogP contribution in [0.4, 0.5) is 0 Å². The van der Waals surface area contributed by atoms with E-state index in [0.717, 1.165) is 44.2 Å². The number of benzene rings is 2. The Kier molecular flexibility index (Phi) is 8.19. The predicted octanol–water partition coefficient (Wildman–Crippen LogP) is 3.77. The Morgan fingerprint density at radius 2 is 1.37 bits per heavy atom. The zero-order valence-corrected chi connectivity index (χ0v) is 17.8. The minimum absolute atomic E-state index is 0.152. The second kappa shape index (κ2) is 10.4. The standard InChI is InChI=1S/C21H29NO7S/c1-2-3-4-5-6-7-10-22(14-15-11-19(25)21(27)20(26)12-15)30(28,29)16-8-9-17(23)18(24)13-16/h8-9,11-13,23-27H,2-7,10,14H2,1H3. The molecular formula is C21H29NO7S. The maximum absolute atomic E-state index is 13.2. The van der Waals surface area contributed by atoms with Gasteiger partial charge < -0.3 is 25.5 Å². The third-order valence-electron chi connectivity index (χ3n) is 4.83. The van der Waals surface area contributed by atoms with E-state index in [0.29, 0.717) is 12.0 Å². The zero-order valence-electron chi connectivity index (χ0n) is 17.0. The molecule has 0 saturated heterocycles. The molecule has 9 heteroatoms. The van der Waals surface area contributed by atoms with Gasteiger partial charge in [0.15, 0.2) is 28.7 Å². The van der Waals surface area contributed by atoms with Gasteiger partial charge in [-0.1, -0.05) is 39.0 Å². The fraction of sp³-hybridized carbons (Fsp3) is 0.429. The van der Waals surface area contributed by atoms with Crippen LogP contribution in [-0.4, -0.2) is 44.8 Å². The molecule has 0 unspecified atom stereocenters. The van der Waals surface area contributed by atoms with Crippen LogP contribution < -0.4 is 0 Å². The maximum atomic E-state index is 13.2. The Balaban J connectivity index is 2.26. The van der Waals surface area contributed by atoms with E-state index in [1.165, 1.54) is 22.5 Å². The van der Waals surface area contributed by atoms with Crippen molar-refractivity contribution in [2.75, 3.05) is 6.54 Å². The highest BCUT2D eigenvalue weighted by atomic mass is 32.2. The summed E-state index contributed by atoms with van der Waals surface area (Å²) < 4.78 is 27.5. The molecule has 0 bridgehead atoms. The van der Waals surface area contributed by atoms with E-state index in [4.69, 9.17) is 0 Å². The lowest BCUT2D eigenvalue weighted by molar-refractivity contribution is 0.361. The Hall–Kier alpha value is -2.65. The van der Waals surface area contributed by atoms with Crippen molar-refractivity contribution in [3.63, 3.8) is 0 Å². The first kappa shape index (κ1) is 23.6. The van der Waals surface area contributed by atoms with Crippen molar-refractivity contribution in [3.05, 3.63) is 35.9 Å². The Labute approximate surface area is 176 Å². The molecule has 0 atom stereocenters. The van der Waals surface area contributed by atoms with Crippen molar-refractivity contribution in [2.24, 2.45) is 0 Å². The minimum Gasteiger partial charge on any atom is -0.504 e. The largest absolute Gasteiger partial charge is 0.504 e. The van der Waals surface area contributed by atoms with Gasteiger partial charge in [0, 0.05) is 19.2 Å². The van der Waals surface area contributed by atoms with Crippen LogP contribution in [0.5, 0.6) is 28.7 Å². The van der Waals surface area contributed by atoms with Gasteiger partial charge in [-0.3, -0.25) is 0 Å². The van der Waals surface area contributed by atoms with Crippen LogP contribution in [0.1, 0.15) is 51.0 Å². The van der Waals surface area contributed by atoms with Crippen LogP contribution in [0.25, 0.3) is 0 Å². The van der Waals surface area contributed by atoms with Crippen molar-refractivity contribution in [2.45, 2.75) is 56.9 Å². The smallest absolute Gasteiger partial charge is 0.243 e. The molecule has 2 rings (SSSR count). The third kappa shape index (κ3) is 5.93. The molecular weight excluding hydrogens is 410 g/mol. The second-order valence-electron chi connectivity index (χ2n) is 7.24. The molecule has 0 aliphatic heterocycles. The number of hydrogen-bond donors (Lipinski definition) is 5. The monoisotopic (exact) mass is 439 g/mol. The molecule has 0 heterocycles. The van der Waals surface area contributed by atoms with Gasteiger partial charge in [0.1, 0.15) is 0 Å². The van der Waals surface area contributed by atoms with Crippen molar-refractivity contribution in [1.82, 2.24) is 4.31 Å². The highest BCUT2D eigenvalue weighted by molar-refractivity contribution is 7.89. The SMILES string of the molecule is CCCCCCCCN(Cc1cc(O)c(O)c(O)c1)S(=O)(=O)c1ccc(O)c(O)c1. The Morgan fingerprint density at radius 1 is 0.767 bits per heavy atom. The lowest BCUT2D eigenvalue weighted by Crippen LogP contribution is -2.31. The van der Waals surface area contributed by atoms with Crippen LogP contribution in [0.15, 0.2) is 35.2 Å². The normalized spacial score (nSPS) is 11.8. The quantitative estimate of drug-likeness (QED) is 0.265. The molecule has 166 valence electrons. The lowest BCUT2D eigenvalue weighted by atomic mass is 10.1.